The summed E-state index contributed by atoms with van der Waals surface area (Å²) in [6.45, 7) is 5.37. The number of methoxy groups -OCH3 is 1. The Hall–Kier alpha value is -1.88. The third kappa shape index (κ3) is 5.13. The van der Waals surface area contributed by atoms with Crippen LogP contribution in [-0.4, -0.2) is 43.2 Å². The minimum Gasteiger partial charge on any atom is -0.382 e. The molecule has 0 atom stereocenters. The Morgan fingerprint density at radius 2 is 1.61 bits per heavy atom. The van der Waals surface area contributed by atoms with Crippen molar-refractivity contribution < 1.29 is 9.53 Å². The highest BCUT2D eigenvalue weighted by atomic mass is 35.5. The Morgan fingerprint density at radius 1 is 1.04 bits per heavy atom. The molecule has 0 unspecified atom stereocenters. The SMILES string of the molecule is CCC(=O)N(c1ccccc1)C1(COC)CCN(Cc2ccccc2)CC1.Cl. The smallest absolute Gasteiger partial charge is 0.227 e. The zero-order valence-corrected chi connectivity index (χ0v) is 17.7. The first-order chi connectivity index (χ1) is 13.2. The van der Waals surface area contributed by atoms with Crippen LogP contribution in [0.1, 0.15) is 31.7 Å². The normalized spacial score (nSPS) is 16.2. The summed E-state index contributed by atoms with van der Waals surface area (Å²) in [5.74, 6) is 0.162. The maximum absolute atomic E-state index is 12.9. The molecular formula is C23H31ClN2O2. The number of anilines is 1. The molecule has 0 N–H and O–H groups in total. The molecule has 1 saturated heterocycles. The molecule has 1 fully saturated rings. The topological polar surface area (TPSA) is 32.8 Å². The molecule has 1 aliphatic heterocycles. The lowest BCUT2D eigenvalue weighted by Gasteiger charge is -2.48. The summed E-state index contributed by atoms with van der Waals surface area (Å²) in [6.07, 6.45) is 2.32. The third-order valence-electron chi connectivity index (χ3n) is 5.49. The molecule has 2 aromatic carbocycles. The van der Waals surface area contributed by atoms with Crippen LogP contribution in [0.4, 0.5) is 5.69 Å². The van der Waals surface area contributed by atoms with Crippen LogP contribution >= 0.6 is 12.4 Å². The maximum Gasteiger partial charge on any atom is 0.227 e. The van der Waals surface area contributed by atoms with Gasteiger partial charge in [-0.2, -0.15) is 0 Å². The van der Waals surface area contributed by atoms with Crippen LogP contribution in [0.15, 0.2) is 60.7 Å². The Balaban J connectivity index is 0.00000280. The number of halogens is 1. The van der Waals surface area contributed by atoms with Gasteiger partial charge in [-0.15, -0.1) is 12.4 Å². The molecule has 3 rings (SSSR count). The van der Waals surface area contributed by atoms with Gasteiger partial charge in [-0.3, -0.25) is 9.69 Å². The third-order valence-corrected chi connectivity index (χ3v) is 5.49. The van der Waals surface area contributed by atoms with Gasteiger partial charge < -0.3 is 9.64 Å². The van der Waals surface area contributed by atoms with E-state index in [-0.39, 0.29) is 23.9 Å². The second-order valence-corrected chi connectivity index (χ2v) is 7.34. The Bertz CT molecular complexity index is 716. The number of carbonyl (C=O) groups excluding carboxylic acids is 1. The average molecular weight is 403 g/mol. The highest BCUT2D eigenvalue weighted by molar-refractivity contribution is 5.94. The van der Waals surface area contributed by atoms with Crippen molar-refractivity contribution in [3.8, 4) is 0 Å². The number of piperidine rings is 1. The van der Waals surface area contributed by atoms with Crippen molar-refractivity contribution in [2.45, 2.75) is 38.3 Å². The van der Waals surface area contributed by atoms with E-state index in [1.807, 2.05) is 42.2 Å². The van der Waals surface area contributed by atoms with Crippen molar-refractivity contribution in [1.82, 2.24) is 4.90 Å². The summed E-state index contributed by atoms with van der Waals surface area (Å²) in [5, 5.41) is 0. The number of para-hydroxylation sites is 1. The predicted octanol–water partition coefficient (Wildman–Crippen LogP) is 4.53. The van der Waals surface area contributed by atoms with Crippen LogP contribution in [0.5, 0.6) is 0 Å². The summed E-state index contributed by atoms with van der Waals surface area (Å²) in [4.78, 5) is 17.4. The first-order valence-electron chi connectivity index (χ1n) is 9.82. The molecule has 0 radical (unpaired) electrons. The van der Waals surface area contributed by atoms with E-state index in [0.717, 1.165) is 38.2 Å². The lowest BCUT2D eigenvalue weighted by Crippen LogP contribution is -2.60. The van der Waals surface area contributed by atoms with Gasteiger partial charge in [0.2, 0.25) is 5.91 Å². The Kier molecular flexibility index (Phi) is 8.49. The molecule has 0 saturated carbocycles. The van der Waals surface area contributed by atoms with Gasteiger partial charge in [-0.25, -0.2) is 0 Å². The fourth-order valence-corrected chi connectivity index (χ4v) is 4.09. The Morgan fingerprint density at radius 3 is 2.14 bits per heavy atom. The Labute approximate surface area is 174 Å². The monoisotopic (exact) mass is 402 g/mol. The summed E-state index contributed by atoms with van der Waals surface area (Å²) >= 11 is 0. The molecule has 2 aromatic rings. The molecule has 1 aliphatic rings. The minimum absolute atomic E-state index is 0. The molecule has 5 heteroatoms. The van der Waals surface area contributed by atoms with Crippen LogP contribution in [0, 0.1) is 0 Å². The number of likely N-dealkylation sites (tertiary alicyclic amines) is 1. The van der Waals surface area contributed by atoms with E-state index in [9.17, 15) is 4.79 Å². The maximum atomic E-state index is 12.9. The lowest BCUT2D eigenvalue weighted by atomic mass is 9.85. The first-order valence-corrected chi connectivity index (χ1v) is 9.82. The minimum atomic E-state index is -0.281. The van der Waals surface area contributed by atoms with Crippen molar-refractivity contribution in [3.63, 3.8) is 0 Å². The molecule has 1 amide bonds. The standard InChI is InChI=1S/C23H30N2O2.ClH/c1-3-22(26)25(21-12-8-5-9-13-21)23(19-27-2)14-16-24(17-15-23)18-20-10-6-4-7-11-20;/h4-13H,3,14-19H2,1-2H3;1H. The number of nitrogens with zero attached hydrogens (tertiary/aromatic N) is 2. The van der Waals surface area contributed by atoms with Crippen LogP contribution in [0.2, 0.25) is 0 Å². The highest BCUT2D eigenvalue weighted by Crippen LogP contribution is 2.34. The van der Waals surface area contributed by atoms with E-state index in [1.165, 1.54) is 5.56 Å². The average Bonchev–Trinajstić information content (AvgIpc) is 2.71. The van der Waals surface area contributed by atoms with Gasteiger partial charge in [-0.05, 0) is 30.5 Å². The van der Waals surface area contributed by atoms with E-state index in [0.29, 0.717) is 13.0 Å². The van der Waals surface area contributed by atoms with E-state index >= 15 is 0 Å². The molecule has 0 spiro atoms. The largest absolute Gasteiger partial charge is 0.382 e. The fourth-order valence-electron chi connectivity index (χ4n) is 4.09. The highest BCUT2D eigenvalue weighted by Gasteiger charge is 2.42. The zero-order valence-electron chi connectivity index (χ0n) is 16.8. The lowest BCUT2D eigenvalue weighted by molar-refractivity contribution is -0.120. The molecule has 1 heterocycles. The van der Waals surface area contributed by atoms with Gasteiger partial charge in [0, 0.05) is 38.9 Å². The summed E-state index contributed by atoms with van der Waals surface area (Å²) in [7, 11) is 1.73. The predicted molar refractivity (Wildman–Crippen MR) is 117 cm³/mol. The molecule has 152 valence electrons. The van der Waals surface area contributed by atoms with Crippen molar-refractivity contribution >= 4 is 24.0 Å². The number of benzene rings is 2. The fraction of sp³-hybridized carbons (Fsp3) is 0.435. The number of hydrogen-bond donors (Lipinski definition) is 0. The van der Waals surface area contributed by atoms with Crippen molar-refractivity contribution in [2.75, 3.05) is 31.7 Å². The van der Waals surface area contributed by atoms with E-state index in [2.05, 4.69) is 35.2 Å². The van der Waals surface area contributed by atoms with Crippen LogP contribution in [0.3, 0.4) is 0 Å². The van der Waals surface area contributed by atoms with Gasteiger partial charge >= 0.3 is 0 Å². The van der Waals surface area contributed by atoms with Gasteiger partial charge in [0.1, 0.15) is 0 Å². The molecule has 0 aromatic heterocycles. The number of carbonyl (C=O) groups is 1. The number of ether oxygens (including phenoxy) is 1. The number of amides is 1. The first kappa shape index (κ1) is 22.4. The van der Waals surface area contributed by atoms with E-state index in [4.69, 9.17) is 4.74 Å². The van der Waals surface area contributed by atoms with E-state index in [1.54, 1.807) is 7.11 Å². The van der Waals surface area contributed by atoms with Crippen LogP contribution in [0.25, 0.3) is 0 Å². The molecule has 0 aliphatic carbocycles. The number of rotatable bonds is 7. The number of hydrogen-bond acceptors (Lipinski definition) is 3. The van der Waals surface area contributed by atoms with Gasteiger partial charge in [0.25, 0.3) is 0 Å². The second-order valence-electron chi connectivity index (χ2n) is 7.34. The zero-order chi connectivity index (χ0) is 19.1. The van der Waals surface area contributed by atoms with Gasteiger partial charge in [0.15, 0.2) is 0 Å². The van der Waals surface area contributed by atoms with Crippen LogP contribution < -0.4 is 4.90 Å². The molecule has 4 nitrogen and oxygen atoms in total. The van der Waals surface area contributed by atoms with Gasteiger partial charge in [-0.1, -0.05) is 55.5 Å². The van der Waals surface area contributed by atoms with Crippen molar-refractivity contribution in [1.29, 1.82) is 0 Å². The van der Waals surface area contributed by atoms with Crippen LogP contribution in [-0.2, 0) is 16.1 Å². The van der Waals surface area contributed by atoms with Gasteiger partial charge in [0.05, 0.1) is 12.1 Å². The molecule has 28 heavy (non-hydrogen) atoms. The summed E-state index contributed by atoms with van der Waals surface area (Å²) in [5.41, 5.74) is 2.02. The second kappa shape index (κ2) is 10.6. The van der Waals surface area contributed by atoms with Crippen molar-refractivity contribution in [3.05, 3.63) is 66.2 Å². The summed E-state index contributed by atoms with van der Waals surface area (Å²) < 4.78 is 5.62. The van der Waals surface area contributed by atoms with E-state index < -0.39 is 0 Å². The summed E-state index contributed by atoms with van der Waals surface area (Å²) in [6, 6.07) is 20.6. The molecular weight excluding hydrogens is 372 g/mol. The van der Waals surface area contributed by atoms with Crippen molar-refractivity contribution in [2.24, 2.45) is 0 Å². The quantitative estimate of drug-likeness (QED) is 0.681. The molecule has 0 bridgehead atoms.